The minimum absolute atomic E-state index is 0.0144. The first-order chi connectivity index (χ1) is 14.8. The van der Waals surface area contributed by atoms with E-state index in [-0.39, 0.29) is 12.4 Å². The minimum atomic E-state index is -0.0716. The highest BCUT2D eigenvalue weighted by Gasteiger charge is 2.28. The van der Waals surface area contributed by atoms with Crippen LogP contribution < -0.4 is 4.74 Å². The predicted octanol–water partition coefficient (Wildman–Crippen LogP) is 4.07. The normalized spacial score (nSPS) is 13.5. The lowest BCUT2D eigenvalue weighted by atomic mass is 10.0. The zero-order valence-electron chi connectivity index (χ0n) is 16.0. The van der Waals surface area contributed by atoms with E-state index in [4.69, 9.17) is 9.47 Å². The van der Waals surface area contributed by atoms with E-state index in [1.807, 2.05) is 60.7 Å². The van der Waals surface area contributed by atoms with E-state index >= 15 is 0 Å². The van der Waals surface area contributed by atoms with Crippen molar-refractivity contribution in [2.45, 2.75) is 6.61 Å². The lowest BCUT2D eigenvalue weighted by Gasteiger charge is -2.08. The Labute approximate surface area is 172 Å². The predicted molar refractivity (Wildman–Crippen MR) is 112 cm³/mol. The number of hydrogen-bond donors (Lipinski definition) is 0. The van der Waals surface area contributed by atoms with Gasteiger partial charge in [-0.25, -0.2) is 15.0 Å². The number of hydrogen-bond acceptors (Lipinski definition) is 6. The van der Waals surface area contributed by atoms with Gasteiger partial charge in [0.1, 0.15) is 24.4 Å². The molecule has 4 aromatic rings. The van der Waals surface area contributed by atoms with E-state index < -0.39 is 0 Å². The standard InChI is InChI=1S/C24H17N3O3/c28-22-14-30-24(21-11-12-25-15-26-21)23(22)17-6-9-19(10-7-17)29-13-18-8-5-16-3-1-2-4-20(16)27-18/h1-12,15H,13-14H2. The number of benzene rings is 2. The van der Waals surface area contributed by atoms with Gasteiger partial charge in [0.05, 0.1) is 16.8 Å². The van der Waals surface area contributed by atoms with Crippen LogP contribution in [0.5, 0.6) is 5.75 Å². The second kappa shape index (κ2) is 7.75. The lowest BCUT2D eigenvalue weighted by Crippen LogP contribution is -2.01. The summed E-state index contributed by atoms with van der Waals surface area (Å²) in [4.78, 5) is 25.1. The van der Waals surface area contributed by atoms with Crippen LogP contribution in [-0.2, 0) is 16.1 Å². The van der Waals surface area contributed by atoms with Crippen LogP contribution in [-0.4, -0.2) is 27.3 Å². The summed E-state index contributed by atoms with van der Waals surface area (Å²) in [6, 6.07) is 21.1. The van der Waals surface area contributed by atoms with Gasteiger partial charge in [0, 0.05) is 11.6 Å². The number of fused-ring (bicyclic) bond motifs is 1. The molecule has 0 N–H and O–H groups in total. The molecule has 5 rings (SSSR count). The fraction of sp³-hybridized carbons (Fsp3) is 0.0833. The molecule has 2 aromatic carbocycles. The van der Waals surface area contributed by atoms with Crippen molar-refractivity contribution < 1.29 is 14.3 Å². The second-order valence-corrected chi connectivity index (χ2v) is 6.82. The molecule has 1 aliphatic heterocycles. The third kappa shape index (κ3) is 3.51. The highest BCUT2D eigenvalue weighted by atomic mass is 16.5. The van der Waals surface area contributed by atoms with Gasteiger partial charge in [-0.2, -0.15) is 0 Å². The quantitative estimate of drug-likeness (QED) is 0.507. The molecule has 0 atom stereocenters. The number of nitrogens with zero attached hydrogens (tertiary/aromatic N) is 3. The Hall–Kier alpha value is -4.06. The van der Waals surface area contributed by atoms with Crippen molar-refractivity contribution in [1.29, 1.82) is 0 Å². The van der Waals surface area contributed by atoms with Crippen LogP contribution in [0.15, 0.2) is 79.3 Å². The van der Waals surface area contributed by atoms with Gasteiger partial charge in [0.2, 0.25) is 5.78 Å². The Morgan fingerprint density at radius 3 is 2.67 bits per heavy atom. The summed E-state index contributed by atoms with van der Waals surface area (Å²) in [7, 11) is 0. The Bertz CT molecular complexity index is 1250. The number of carbonyl (C=O) groups excluding carboxylic acids is 1. The summed E-state index contributed by atoms with van der Waals surface area (Å²) >= 11 is 0. The molecular weight excluding hydrogens is 378 g/mol. The molecule has 0 unspecified atom stereocenters. The molecule has 2 aromatic heterocycles. The summed E-state index contributed by atoms with van der Waals surface area (Å²) in [6.45, 7) is 0.377. The molecule has 146 valence electrons. The van der Waals surface area contributed by atoms with Crippen molar-refractivity contribution in [3.05, 3.63) is 96.2 Å². The SMILES string of the molecule is O=C1COC(c2ccncn2)=C1c1ccc(OCc2ccc3ccccc3n2)cc1. The average molecular weight is 395 g/mol. The maximum atomic E-state index is 12.4. The summed E-state index contributed by atoms with van der Waals surface area (Å²) in [6.07, 6.45) is 3.06. The van der Waals surface area contributed by atoms with Gasteiger partial charge in [-0.05, 0) is 35.9 Å². The summed E-state index contributed by atoms with van der Waals surface area (Å²) < 4.78 is 11.5. The van der Waals surface area contributed by atoms with Gasteiger partial charge >= 0.3 is 0 Å². The Balaban J connectivity index is 1.35. The van der Waals surface area contributed by atoms with Gasteiger partial charge in [-0.1, -0.05) is 36.4 Å². The monoisotopic (exact) mass is 395 g/mol. The molecule has 0 aliphatic carbocycles. The number of ether oxygens (including phenoxy) is 2. The number of ketones is 1. The molecule has 6 nitrogen and oxygen atoms in total. The van der Waals surface area contributed by atoms with Gasteiger partial charge < -0.3 is 9.47 Å². The van der Waals surface area contributed by atoms with E-state index in [2.05, 4.69) is 15.0 Å². The van der Waals surface area contributed by atoms with Crippen LogP contribution in [0.4, 0.5) is 0 Å². The smallest absolute Gasteiger partial charge is 0.204 e. The van der Waals surface area contributed by atoms with E-state index in [0.29, 0.717) is 29.4 Å². The highest BCUT2D eigenvalue weighted by Crippen LogP contribution is 2.32. The molecule has 30 heavy (non-hydrogen) atoms. The first kappa shape index (κ1) is 18.0. The van der Waals surface area contributed by atoms with Crippen LogP contribution in [0.25, 0.3) is 22.2 Å². The second-order valence-electron chi connectivity index (χ2n) is 6.82. The van der Waals surface area contributed by atoms with Crippen LogP contribution in [0, 0.1) is 0 Å². The topological polar surface area (TPSA) is 74.2 Å². The van der Waals surface area contributed by atoms with Crippen molar-refractivity contribution in [2.24, 2.45) is 0 Å². The summed E-state index contributed by atoms with van der Waals surface area (Å²) in [5.74, 6) is 1.11. The molecule has 3 heterocycles. The maximum absolute atomic E-state index is 12.4. The van der Waals surface area contributed by atoms with Crippen LogP contribution in [0.1, 0.15) is 17.0 Å². The molecule has 0 amide bonds. The Morgan fingerprint density at radius 1 is 0.967 bits per heavy atom. The number of Topliss-reactive ketones (excluding diaryl/α,β-unsaturated/α-hetero) is 1. The molecule has 0 saturated heterocycles. The number of para-hydroxylation sites is 1. The number of rotatable bonds is 5. The van der Waals surface area contributed by atoms with Gasteiger partial charge in [-0.3, -0.25) is 4.79 Å². The van der Waals surface area contributed by atoms with Gasteiger partial charge in [0.25, 0.3) is 0 Å². The number of pyridine rings is 1. The van der Waals surface area contributed by atoms with Crippen molar-refractivity contribution in [1.82, 2.24) is 15.0 Å². The molecule has 0 fully saturated rings. The average Bonchev–Trinajstić information content (AvgIpc) is 3.20. The van der Waals surface area contributed by atoms with Crippen LogP contribution in [0.2, 0.25) is 0 Å². The van der Waals surface area contributed by atoms with Crippen LogP contribution >= 0.6 is 0 Å². The Kier molecular flexibility index (Phi) is 4.65. The molecular formula is C24H17N3O3. The maximum Gasteiger partial charge on any atom is 0.204 e. The third-order valence-corrected chi connectivity index (χ3v) is 4.85. The first-order valence-corrected chi connectivity index (χ1v) is 9.52. The number of aromatic nitrogens is 3. The van der Waals surface area contributed by atoms with E-state index in [1.54, 1.807) is 12.3 Å². The summed E-state index contributed by atoms with van der Waals surface area (Å²) in [5.41, 5.74) is 3.68. The largest absolute Gasteiger partial charge is 0.487 e. The molecule has 0 spiro atoms. The van der Waals surface area contributed by atoms with E-state index in [9.17, 15) is 4.79 Å². The van der Waals surface area contributed by atoms with Gasteiger partial charge in [0.15, 0.2) is 12.4 Å². The fourth-order valence-corrected chi connectivity index (χ4v) is 3.39. The third-order valence-electron chi connectivity index (χ3n) is 4.85. The van der Waals surface area contributed by atoms with E-state index in [1.165, 1.54) is 6.33 Å². The van der Waals surface area contributed by atoms with Crippen molar-refractivity contribution >= 4 is 28.0 Å². The van der Waals surface area contributed by atoms with Crippen molar-refractivity contribution in [3.63, 3.8) is 0 Å². The Morgan fingerprint density at radius 2 is 1.83 bits per heavy atom. The van der Waals surface area contributed by atoms with E-state index in [0.717, 1.165) is 22.2 Å². The highest BCUT2D eigenvalue weighted by molar-refractivity contribution is 6.29. The molecule has 0 saturated carbocycles. The molecule has 6 heteroatoms. The van der Waals surface area contributed by atoms with Crippen molar-refractivity contribution in [3.8, 4) is 5.75 Å². The minimum Gasteiger partial charge on any atom is -0.487 e. The van der Waals surface area contributed by atoms with Crippen molar-refractivity contribution in [2.75, 3.05) is 6.61 Å². The van der Waals surface area contributed by atoms with Gasteiger partial charge in [-0.15, -0.1) is 0 Å². The molecule has 1 aliphatic rings. The zero-order chi connectivity index (χ0) is 20.3. The first-order valence-electron chi connectivity index (χ1n) is 9.52. The fourth-order valence-electron chi connectivity index (χ4n) is 3.39. The molecule has 0 bridgehead atoms. The molecule has 0 radical (unpaired) electrons. The van der Waals surface area contributed by atoms with Crippen LogP contribution in [0.3, 0.4) is 0 Å². The summed E-state index contributed by atoms with van der Waals surface area (Å²) in [5, 5.41) is 1.10. The lowest BCUT2D eigenvalue weighted by molar-refractivity contribution is -0.114. The number of carbonyl (C=O) groups is 1. The zero-order valence-corrected chi connectivity index (χ0v) is 16.0.